The van der Waals surface area contributed by atoms with E-state index >= 15 is 0 Å². The third-order valence-corrected chi connectivity index (χ3v) is 7.27. The van der Waals surface area contributed by atoms with Crippen molar-refractivity contribution >= 4 is 0 Å². The molecular formula is C21H27NO2. The summed E-state index contributed by atoms with van der Waals surface area (Å²) in [5.74, 6) is 1.17. The Morgan fingerprint density at radius 2 is 2.08 bits per heavy atom. The SMILES string of the molecule is C=C1CC[C@@]2(O)[C@H]3Cc4ccc(O)cc4[C@@]2(CCN3CC2CC2)C1. The first-order valence-electron chi connectivity index (χ1n) is 9.47. The first kappa shape index (κ1) is 15.0. The Labute approximate surface area is 144 Å². The zero-order chi connectivity index (χ0) is 16.5. The lowest BCUT2D eigenvalue weighted by molar-refractivity contribution is -0.159. The summed E-state index contributed by atoms with van der Waals surface area (Å²) in [6.07, 6.45) is 7.21. The highest BCUT2D eigenvalue weighted by atomic mass is 16.3. The fraction of sp³-hybridized carbons (Fsp3) is 0.619. The monoisotopic (exact) mass is 325 g/mol. The average molecular weight is 325 g/mol. The molecule has 128 valence electrons. The molecule has 3 heteroatoms. The third kappa shape index (κ3) is 1.91. The molecule has 3 aliphatic carbocycles. The van der Waals surface area contributed by atoms with Gasteiger partial charge in [0.05, 0.1) is 5.60 Å². The Morgan fingerprint density at radius 3 is 2.88 bits per heavy atom. The van der Waals surface area contributed by atoms with Gasteiger partial charge >= 0.3 is 0 Å². The number of fused-ring (bicyclic) bond motifs is 1. The average Bonchev–Trinajstić information content (AvgIpc) is 3.36. The third-order valence-electron chi connectivity index (χ3n) is 7.27. The van der Waals surface area contributed by atoms with E-state index in [1.165, 1.54) is 29.5 Å². The van der Waals surface area contributed by atoms with Crippen LogP contribution in [-0.2, 0) is 11.8 Å². The summed E-state index contributed by atoms with van der Waals surface area (Å²) in [7, 11) is 0. The summed E-state index contributed by atoms with van der Waals surface area (Å²) in [5, 5.41) is 22.0. The van der Waals surface area contributed by atoms with Crippen LogP contribution in [0.5, 0.6) is 5.75 Å². The van der Waals surface area contributed by atoms with Gasteiger partial charge in [-0.25, -0.2) is 0 Å². The van der Waals surface area contributed by atoms with Gasteiger partial charge in [-0.15, -0.1) is 0 Å². The highest BCUT2D eigenvalue weighted by molar-refractivity contribution is 5.49. The van der Waals surface area contributed by atoms with Crippen molar-refractivity contribution in [1.82, 2.24) is 4.90 Å². The molecule has 1 aliphatic heterocycles. The first-order chi connectivity index (χ1) is 11.5. The topological polar surface area (TPSA) is 43.7 Å². The van der Waals surface area contributed by atoms with Gasteiger partial charge in [0.25, 0.3) is 0 Å². The second-order valence-corrected chi connectivity index (χ2v) is 8.68. The largest absolute Gasteiger partial charge is 0.508 e. The quantitative estimate of drug-likeness (QED) is 0.821. The Balaban J connectivity index is 1.65. The van der Waals surface area contributed by atoms with Crippen LogP contribution >= 0.6 is 0 Å². The van der Waals surface area contributed by atoms with Crippen molar-refractivity contribution in [2.45, 2.75) is 62.0 Å². The van der Waals surface area contributed by atoms with E-state index in [1.807, 2.05) is 6.07 Å². The van der Waals surface area contributed by atoms with Crippen LogP contribution in [0.25, 0.3) is 0 Å². The fourth-order valence-electron chi connectivity index (χ4n) is 5.87. The minimum absolute atomic E-state index is 0.219. The number of phenols is 1. The standard InChI is InChI=1S/C21H27NO2/c1-14-6-7-21(24)19-10-16-4-5-17(23)11-18(16)20(21,12-14)8-9-22(19)13-15-2-3-15/h4-5,11,15,19,23-24H,1-3,6-10,12-13H2/t19-,20-,21-/m1/s1. The van der Waals surface area contributed by atoms with E-state index in [0.29, 0.717) is 5.75 Å². The molecule has 1 saturated heterocycles. The summed E-state index contributed by atoms with van der Waals surface area (Å²) in [5.41, 5.74) is 2.83. The van der Waals surface area contributed by atoms with Crippen molar-refractivity contribution in [1.29, 1.82) is 0 Å². The Kier molecular flexibility index (Phi) is 3.03. The number of hydrogen-bond acceptors (Lipinski definition) is 3. The molecule has 0 unspecified atom stereocenters. The van der Waals surface area contributed by atoms with Gasteiger partial charge in [-0.1, -0.05) is 18.2 Å². The molecule has 2 N–H and O–H groups in total. The van der Waals surface area contributed by atoms with Crippen LogP contribution in [0, 0.1) is 5.92 Å². The van der Waals surface area contributed by atoms with Gasteiger partial charge in [0.2, 0.25) is 0 Å². The zero-order valence-corrected chi connectivity index (χ0v) is 14.3. The van der Waals surface area contributed by atoms with Crippen LogP contribution in [0.3, 0.4) is 0 Å². The minimum Gasteiger partial charge on any atom is -0.508 e. The number of aromatic hydroxyl groups is 1. The van der Waals surface area contributed by atoms with Crippen LogP contribution in [-0.4, -0.2) is 39.8 Å². The maximum atomic E-state index is 12.0. The van der Waals surface area contributed by atoms with E-state index < -0.39 is 5.60 Å². The molecule has 0 radical (unpaired) electrons. The fourth-order valence-corrected chi connectivity index (χ4v) is 5.87. The van der Waals surface area contributed by atoms with Crippen molar-refractivity contribution in [2.75, 3.05) is 13.1 Å². The number of nitrogens with zero attached hydrogens (tertiary/aromatic N) is 1. The van der Waals surface area contributed by atoms with Crippen LogP contribution < -0.4 is 0 Å². The Hall–Kier alpha value is -1.32. The molecule has 3 nitrogen and oxygen atoms in total. The number of phenolic OH excluding ortho intramolecular Hbond substituents is 1. The van der Waals surface area contributed by atoms with Crippen molar-refractivity contribution in [3.05, 3.63) is 41.5 Å². The van der Waals surface area contributed by atoms with Crippen molar-refractivity contribution in [2.24, 2.45) is 5.92 Å². The zero-order valence-electron chi connectivity index (χ0n) is 14.3. The number of benzene rings is 1. The Morgan fingerprint density at radius 1 is 1.25 bits per heavy atom. The number of piperidine rings is 1. The van der Waals surface area contributed by atoms with Gasteiger partial charge < -0.3 is 10.2 Å². The summed E-state index contributed by atoms with van der Waals surface area (Å²) in [6, 6.07) is 6.03. The van der Waals surface area contributed by atoms with E-state index in [1.54, 1.807) is 6.07 Å². The van der Waals surface area contributed by atoms with Gasteiger partial charge in [-0.05, 0) is 80.7 Å². The predicted molar refractivity (Wildman–Crippen MR) is 94.1 cm³/mol. The molecule has 3 atom stereocenters. The van der Waals surface area contributed by atoms with Crippen molar-refractivity contribution in [3.63, 3.8) is 0 Å². The van der Waals surface area contributed by atoms with Crippen LogP contribution in [0.1, 0.15) is 49.7 Å². The van der Waals surface area contributed by atoms with E-state index in [-0.39, 0.29) is 11.5 Å². The molecule has 5 rings (SSSR count). The first-order valence-corrected chi connectivity index (χ1v) is 9.47. The molecule has 3 fully saturated rings. The number of aliphatic hydroxyl groups is 1. The molecule has 1 heterocycles. The van der Waals surface area contributed by atoms with Crippen LogP contribution in [0.15, 0.2) is 30.4 Å². The van der Waals surface area contributed by atoms with Gasteiger partial charge in [0.15, 0.2) is 0 Å². The van der Waals surface area contributed by atoms with Gasteiger partial charge in [0.1, 0.15) is 5.75 Å². The van der Waals surface area contributed by atoms with Gasteiger partial charge in [0, 0.05) is 18.0 Å². The molecule has 1 aromatic rings. The molecule has 0 aromatic heterocycles. The summed E-state index contributed by atoms with van der Waals surface area (Å²) < 4.78 is 0. The second-order valence-electron chi connectivity index (χ2n) is 8.68. The molecule has 1 aromatic carbocycles. The van der Waals surface area contributed by atoms with E-state index in [2.05, 4.69) is 17.5 Å². The molecule has 0 amide bonds. The minimum atomic E-state index is -0.678. The van der Waals surface area contributed by atoms with E-state index in [0.717, 1.165) is 51.1 Å². The maximum Gasteiger partial charge on any atom is 0.115 e. The van der Waals surface area contributed by atoms with Crippen molar-refractivity contribution in [3.8, 4) is 5.75 Å². The van der Waals surface area contributed by atoms with Crippen LogP contribution in [0.2, 0.25) is 0 Å². The highest BCUT2D eigenvalue weighted by Crippen LogP contribution is 2.59. The van der Waals surface area contributed by atoms with Crippen LogP contribution in [0.4, 0.5) is 0 Å². The summed E-state index contributed by atoms with van der Waals surface area (Å²) in [6.45, 7) is 6.48. The second kappa shape index (κ2) is 4.86. The molecular weight excluding hydrogens is 298 g/mol. The molecule has 2 bridgehead atoms. The lowest BCUT2D eigenvalue weighted by atomic mass is 9.49. The number of rotatable bonds is 2. The van der Waals surface area contributed by atoms with Crippen molar-refractivity contribution < 1.29 is 10.2 Å². The van der Waals surface area contributed by atoms with E-state index in [4.69, 9.17) is 0 Å². The molecule has 24 heavy (non-hydrogen) atoms. The lowest BCUT2D eigenvalue weighted by Crippen LogP contribution is -2.72. The molecule has 0 spiro atoms. The van der Waals surface area contributed by atoms with E-state index in [9.17, 15) is 10.2 Å². The van der Waals surface area contributed by atoms with Gasteiger partial charge in [-0.3, -0.25) is 4.90 Å². The normalized spacial score (nSPS) is 38.5. The number of allylic oxidation sites excluding steroid dienone is 1. The maximum absolute atomic E-state index is 12.0. The number of likely N-dealkylation sites (tertiary alicyclic amines) is 1. The lowest BCUT2D eigenvalue weighted by Gasteiger charge is -2.64. The predicted octanol–water partition coefficient (Wildman–Crippen LogP) is 3.14. The van der Waals surface area contributed by atoms with Gasteiger partial charge in [-0.2, -0.15) is 0 Å². The summed E-state index contributed by atoms with van der Waals surface area (Å²) in [4.78, 5) is 2.58. The summed E-state index contributed by atoms with van der Waals surface area (Å²) >= 11 is 0. The Bertz CT molecular complexity index is 710. The molecule has 4 aliphatic rings. The number of hydrogen-bond donors (Lipinski definition) is 2. The molecule has 2 saturated carbocycles. The highest BCUT2D eigenvalue weighted by Gasteiger charge is 2.63. The smallest absolute Gasteiger partial charge is 0.115 e.